The quantitative estimate of drug-likeness (QED) is 0.645. The number of nitrogens with one attached hydrogen (secondary N) is 1. The van der Waals surface area contributed by atoms with Crippen molar-refractivity contribution < 1.29 is 35.5 Å². The maximum atomic E-state index is 12.9. The number of halogens is 7. The van der Waals surface area contributed by atoms with Gasteiger partial charge in [0.2, 0.25) is 0 Å². The third-order valence-corrected chi connectivity index (χ3v) is 2.47. The van der Waals surface area contributed by atoms with Crippen molar-refractivity contribution in [2.75, 3.05) is 6.54 Å². The van der Waals surface area contributed by atoms with E-state index in [1.807, 2.05) is 0 Å². The zero-order valence-corrected chi connectivity index (χ0v) is 10.3. The number of amides is 1. The predicted molar refractivity (Wildman–Crippen MR) is 55.8 cm³/mol. The lowest BCUT2D eigenvalue weighted by atomic mass is 10.1. The van der Waals surface area contributed by atoms with E-state index in [1.54, 1.807) is 0 Å². The number of imidazole rings is 1. The molecule has 4 nitrogen and oxygen atoms in total. The van der Waals surface area contributed by atoms with E-state index in [2.05, 4.69) is 4.98 Å². The number of hydrogen-bond donors (Lipinski definition) is 1. The maximum Gasteiger partial charge on any atom is 0.460 e. The van der Waals surface area contributed by atoms with Crippen LogP contribution in [0.3, 0.4) is 0 Å². The molecule has 11 heteroatoms. The van der Waals surface area contributed by atoms with Gasteiger partial charge in [-0.05, 0) is 6.42 Å². The summed E-state index contributed by atoms with van der Waals surface area (Å²) >= 11 is 0. The fourth-order valence-corrected chi connectivity index (χ4v) is 1.31. The Hall–Kier alpha value is -1.81. The van der Waals surface area contributed by atoms with Gasteiger partial charge in [-0.25, -0.2) is 4.98 Å². The fraction of sp³-hybridized carbons (Fsp3) is 0.600. The van der Waals surface area contributed by atoms with Crippen molar-refractivity contribution in [1.29, 1.82) is 0 Å². The molecule has 0 aliphatic carbocycles. The van der Waals surface area contributed by atoms with Crippen LogP contribution in [0.4, 0.5) is 30.7 Å². The van der Waals surface area contributed by atoms with E-state index in [9.17, 15) is 35.5 Å². The lowest BCUT2D eigenvalue weighted by molar-refractivity contribution is -0.344. The Balaban J connectivity index is 2.53. The van der Waals surface area contributed by atoms with Gasteiger partial charge in [-0.3, -0.25) is 4.79 Å². The summed E-state index contributed by atoms with van der Waals surface area (Å²) in [6.45, 7) is -0.262. The zero-order chi connectivity index (χ0) is 16.3. The van der Waals surface area contributed by atoms with Gasteiger partial charge < -0.3 is 9.88 Å². The number of aromatic nitrogens is 2. The first kappa shape index (κ1) is 17.2. The van der Waals surface area contributed by atoms with Gasteiger partial charge in [0, 0.05) is 25.5 Å². The summed E-state index contributed by atoms with van der Waals surface area (Å²) in [5, 5.41) is 1.36. The molecule has 1 heterocycles. The van der Waals surface area contributed by atoms with Crippen molar-refractivity contribution in [3.8, 4) is 0 Å². The molecular weight excluding hydrogens is 311 g/mol. The molecule has 1 amide bonds. The van der Waals surface area contributed by atoms with Crippen molar-refractivity contribution in [3.05, 3.63) is 18.7 Å². The minimum absolute atomic E-state index is 0.0514. The summed E-state index contributed by atoms with van der Waals surface area (Å²) in [6, 6.07) is 0. The Bertz CT molecular complexity index is 469. The SMILES string of the molecule is O=C(NCCCn1ccnc1)C(F)(F)C(F)(F)C(F)(F)F. The predicted octanol–water partition coefficient (Wildman–Crippen LogP) is 2.22. The normalized spacial score (nSPS) is 13.3. The van der Waals surface area contributed by atoms with Gasteiger partial charge in [0.15, 0.2) is 0 Å². The first-order valence-electron chi connectivity index (χ1n) is 5.56. The van der Waals surface area contributed by atoms with E-state index in [4.69, 9.17) is 0 Å². The average molecular weight is 321 g/mol. The minimum Gasteiger partial charge on any atom is -0.351 e. The molecule has 0 aliphatic rings. The molecule has 0 fully saturated rings. The number of carbonyl (C=O) groups excluding carboxylic acids is 1. The van der Waals surface area contributed by atoms with E-state index in [0.717, 1.165) is 0 Å². The Morgan fingerprint density at radius 2 is 1.76 bits per heavy atom. The molecule has 0 aliphatic heterocycles. The highest BCUT2D eigenvalue weighted by molar-refractivity contribution is 5.84. The molecule has 0 atom stereocenters. The van der Waals surface area contributed by atoms with Crippen molar-refractivity contribution in [1.82, 2.24) is 14.9 Å². The monoisotopic (exact) mass is 321 g/mol. The van der Waals surface area contributed by atoms with E-state index in [0.29, 0.717) is 0 Å². The Morgan fingerprint density at radius 1 is 1.14 bits per heavy atom. The second-order valence-electron chi connectivity index (χ2n) is 4.06. The van der Waals surface area contributed by atoms with E-state index >= 15 is 0 Å². The van der Waals surface area contributed by atoms with Crippen LogP contribution in [-0.4, -0.2) is 40.0 Å². The smallest absolute Gasteiger partial charge is 0.351 e. The number of hydrogen-bond acceptors (Lipinski definition) is 2. The van der Waals surface area contributed by atoms with E-state index in [1.165, 1.54) is 28.6 Å². The summed E-state index contributed by atoms with van der Waals surface area (Å²) in [7, 11) is 0. The van der Waals surface area contributed by atoms with Gasteiger partial charge in [0.25, 0.3) is 5.91 Å². The van der Waals surface area contributed by atoms with Crippen molar-refractivity contribution >= 4 is 5.91 Å². The van der Waals surface area contributed by atoms with Crippen LogP contribution in [0.1, 0.15) is 6.42 Å². The maximum absolute atomic E-state index is 12.9. The molecule has 0 radical (unpaired) electrons. The molecule has 0 saturated carbocycles. The molecule has 0 bridgehead atoms. The fourth-order valence-electron chi connectivity index (χ4n) is 1.31. The van der Waals surface area contributed by atoms with Gasteiger partial charge in [-0.15, -0.1) is 0 Å². The number of aryl methyl sites for hydroxylation is 1. The summed E-state index contributed by atoms with van der Waals surface area (Å²) in [4.78, 5) is 14.5. The molecule has 0 saturated heterocycles. The van der Waals surface area contributed by atoms with Gasteiger partial charge in [0.05, 0.1) is 6.33 Å². The van der Waals surface area contributed by atoms with Crippen molar-refractivity contribution in [3.63, 3.8) is 0 Å². The van der Waals surface area contributed by atoms with Crippen LogP contribution in [0.5, 0.6) is 0 Å². The molecule has 0 unspecified atom stereocenters. The highest BCUT2D eigenvalue weighted by atomic mass is 19.4. The van der Waals surface area contributed by atoms with Crippen molar-refractivity contribution in [2.45, 2.75) is 31.0 Å². The van der Waals surface area contributed by atoms with Gasteiger partial charge >= 0.3 is 18.0 Å². The van der Waals surface area contributed by atoms with Gasteiger partial charge in [-0.1, -0.05) is 0 Å². The highest BCUT2D eigenvalue weighted by Gasteiger charge is 2.76. The Morgan fingerprint density at radius 3 is 2.24 bits per heavy atom. The molecular formula is C10H10F7N3O. The van der Waals surface area contributed by atoms with Crippen LogP contribution in [0, 0.1) is 0 Å². The zero-order valence-electron chi connectivity index (χ0n) is 10.3. The molecule has 1 rings (SSSR count). The molecule has 0 spiro atoms. The number of nitrogens with zero attached hydrogens (tertiary/aromatic N) is 2. The Labute approximate surface area is 113 Å². The summed E-state index contributed by atoms with van der Waals surface area (Å²) in [5.41, 5.74) is 0. The number of alkyl halides is 7. The van der Waals surface area contributed by atoms with E-state index in [-0.39, 0.29) is 13.0 Å². The topological polar surface area (TPSA) is 46.9 Å². The number of carbonyl (C=O) groups is 1. The van der Waals surface area contributed by atoms with Crippen LogP contribution in [-0.2, 0) is 11.3 Å². The van der Waals surface area contributed by atoms with Crippen LogP contribution < -0.4 is 5.32 Å². The van der Waals surface area contributed by atoms with Crippen LogP contribution in [0.15, 0.2) is 18.7 Å². The molecule has 1 aromatic rings. The van der Waals surface area contributed by atoms with Gasteiger partial charge in [-0.2, -0.15) is 30.7 Å². The van der Waals surface area contributed by atoms with E-state index < -0.39 is 30.5 Å². The Kier molecular flexibility index (Phi) is 4.84. The molecule has 0 aromatic carbocycles. The lowest BCUT2D eigenvalue weighted by Crippen LogP contribution is -2.59. The van der Waals surface area contributed by atoms with Gasteiger partial charge in [0.1, 0.15) is 0 Å². The largest absolute Gasteiger partial charge is 0.460 e. The minimum atomic E-state index is -6.52. The molecule has 21 heavy (non-hydrogen) atoms. The first-order valence-corrected chi connectivity index (χ1v) is 5.56. The summed E-state index contributed by atoms with van der Waals surface area (Å²) in [5.74, 6) is -15.0. The summed E-state index contributed by atoms with van der Waals surface area (Å²) < 4.78 is 87.9. The second kappa shape index (κ2) is 5.90. The molecule has 1 aromatic heterocycles. The number of rotatable bonds is 6. The lowest BCUT2D eigenvalue weighted by Gasteiger charge is -2.27. The molecule has 1 N–H and O–H groups in total. The van der Waals surface area contributed by atoms with Crippen LogP contribution in [0.25, 0.3) is 0 Å². The van der Waals surface area contributed by atoms with Crippen LogP contribution >= 0.6 is 0 Å². The second-order valence-corrected chi connectivity index (χ2v) is 4.06. The van der Waals surface area contributed by atoms with Crippen molar-refractivity contribution in [2.24, 2.45) is 0 Å². The molecule has 120 valence electrons. The summed E-state index contributed by atoms with van der Waals surface area (Å²) in [6.07, 6.45) is -2.14. The first-order chi connectivity index (χ1) is 9.50. The third kappa shape index (κ3) is 3.64. The average Bonchev–Trinajstić information content (AvgIpc) is 2.85. The third-order valence-electron chi connectivity index (χ3n) is 2.47. The highest BCUT2D eigenvalue weighted by Crippen LogP contribution is 2.46. The van der Waals surface area contributed by atoms with Crippen LogP contribution in [0.2, 0.25) is 0 Å². The standard InChI is InChI=1S/C10H10F7N3O/c11-8(12,9(13,14)10(15,16)17)7(21)19-2-1-4-20-5-3-18-6-20/h3,5-6H,1-2,4H2,(H,19,21).